The van der Waals surface area contributed by atoms with Crippen molar-refractivity contribution in [1.82, 2.24) is 4.72 Å². The summed E-state index contributed by atoms with van der Waals surface area (Å²) >= 11 is 0. The first kappa shape index (κ1) is 13.8. The van der Waals surface area contributed by atoms with Crippen molar-refractivity contribution in [3.05, 3.63) is 53.2 Å². The van der Waals surface area contributed by atoms with Crippen LogP contribution in [0.3, 0.4) is 0 Å². The number of furan rings is 1. The van der Waals surface area contributed by atoms with Gasteiger partial charge in [0.05, 0.1) is 11.4 Å². The van der Waals surface area contributed by atoms with E-state index in [9.17, 15) is 12.8 Å². The number of nitrogens with one attached hydrogen (secondary N) is 1. The Kier molecular flexibility index (Phi) is 3.73. The zero-order valence-electron chi connectivity index (χ0n) is 10.6. The number of hydrogen-bond donors (Lipinski definition) is 1. The molecule has 1 N–H and O–H groups in total. The summed E-state index contributed by atoms with van der Waals surface area (Å²) in [6, 6.07) is 7.13. The van der Waals surface area contributed by atoms with E-state index in [1.54, 1.807) is 19.1 Å². The third kappa shape index (κ3) is 3.21. The predicted molar refractivity (Wildman–Crippen MR) is 68.6 cm³/mol. The van der Waals surface area contributed by atoms with E-state index in [-0.39, 0.29) is 17.0 Å². The van der Waals surface area contributed by atoms with Crippen LogP contribution in [0.15, 0.2) is 39.6 Å². The molecule has 0 aliphatic heterocycles. The second kappa shape index (κ2) is 5.14. The summed E-state index contributed by atoms with van der Waals surface area (Å²) in [7, 11) is -3.67. The smallest absolute Gasteiger partial charge is 0.240 e. The van der Waals surface area contributed by atoms with Crippen LogP contribution in [0, 0.1) is 19.7 Å². The van der Waals surface area contributed by atoms with Crippen LogP contribution in [0.1, 0.15) is 17.1 Å². The van der Waals surface area contributed by atoms with Crippen LogP contribution >= 0.6 is 0 Å². The Balaban J connectivity index is 2.16. The largest absolute Gasteiger partial charge is 0.465 e. The quantitative estimate of drug-likeness (QED) is 0.938. The highest BCUT2D eigenvalue weighted by molar-refractivity contribution is 7.89. The lowest BCUT2D eigenvalue weighted by atomic mass is 10.2. The van der Waals surface area contributed by atoms with Crippen LogP contribution < -0.4 is 4.72 Å². The molecule has 0 fully saturated rings. The molecule has 0 unspecified atom stereocenters. The highest BCUT2D eigenvalue weighted by Gasteiger charge is 2.15. The topological polar surface area (TPSA) is 59.3 Å². The van der Waals surface area contributed by atoms with Gasteiger partial charge in [-0.05, 0) is 49.7 Å². The summed E-state index contributed by atoms with van der Waals surface area (Å²) in [4.78, 5) is 0.0367. The number of aryl methyl sites for hydroxylation is 2. The average molecular weight is 283 g/mol. The fourth-order valence-electron chi connectivity index (χ4n) is 1.61. The summed E-state index contributed by atoms with van der Waals surface area (Å²) in [5.74, 6) is 0.812. The first-order chi connectivity index (χ1) is 8.88. The van der Waals surface area contributed by atoms with Crippen LogP contribution in [0.2, 0.25) is 0 Å². The van der Waals surface area contributed by atoms with Gasteiger partial charge in [-0.1, -0.05) is 0 Å². The van der Waals surface area contributed by atoms with Crippen molar-refractivity contribution in [2.75, 3.05) is 0 Å². The lowest BCUT2D eigenvalue weighted by Gasteiger charge is -2.06. The predicted octanol–water partition coefficient (Wildman–Crippen LogP) is 2.51. The summed E-state index contributed by atoms with van der Waals surface area (Å²) in [5, 5.41) is 0. The molecule has 1 aromatic heterocycles. The molecule has 0 radical (unpaired) electrons. The molecule has 0 aliphatic rings. The van der Waals surface area contributed by atoms with E-state index in [0.717, 1.165) is 6.07 Å². The number of rotatable bonds is 4. The average Bonchev–Trinajstić information content (AvgIpc) is 2.76. The Labute approximate surface area is 111 Å². The molecule has 0 spiro atoms. The van der Waals surface area contributed by atoms with Crippen LogP contribution in [0.5, 0.6) is 0 Å². The lowest BCUT2D eigenvalue weighted by Crippen LogP contribution is -2.23. The molecule has 1 heterocycles. The summed E-state index contributed by atoms with van der Waals surface area (Å²) < 4.78 is 44.8. The van der Waals surface area contributed by atoms with Crippen molar-refractivity contribution >= 4 is 10.0 Å². The van der Waals surface area contributed by atoms with E-state index in [1.807, 2.05) is 0 Å². The zero-order valence-corrected chi connectivity index (χ0v) is 11.4. The van der Waals surface area contributed by atoms with Crippen molar-refractivity contribution in [3.8, 4) is 0 Å². The number of benzene rings is 1. The van der Waals surface area contributed by atoms with Crippen molar-refractivity contribution in [2.24, 2.45) is 0 Å². The van der Waals surface area contributed by atoms with Crippen LogP contribution in [0.4, 0.5) is 4.39 Å². The van der Waals surface area contributed by atoms with Gasteiger partial charge in [-0.2, -0.15) is 0 Å². The van der Waals surface area contributed by atoms with E-state index in [4.69, 9.17) is 4.42 Å². The molecule has 1 aromatic carbocycles. The molecule has 0 atom stereocenters. The first-order valence-corrected chi connectivity index (χ1v) is 7.18. The maximum atomic E-state index is 13.1. The summed E-state index contributed by atoms with van der Waals surface area (Å²) in [6.45, 7) is 3.36. The van der Waals surface area contributed by atoms with Crippen molar-refractivity contribution in [2.45, 2.75) is 25.3 Å². The Morgan fingerprint density at radius 3 is 2.53 bits per heavy atom. The second-order valence-electron chi connectivity index (χ2n) is 4.25. The standard InChI is InChI=1S/C13H14FNO3S/c1-9-7-12(5-6-13(9)14)19(16,17)15-8-11-4-3-10(2)18-11/h3-7,15H,8H2,1-2H3. The minimum Gasteiger partial charge on any atom is -0.465 e. The Morgan fingerprint density at radius 1 is 1.21 bits per heavy atom. The van der Waals surface area contributed by atoms with E-state index < -0.39 is 15.8 Å². The van der Waals surface area contributed by atoms with Crippen molar-refractivity contribution in [1.29, 1.82) is 0 Å². The van der Waals surface area contributed by atoms with E-state index in [0.29, 0.717) is 11.5 Å². The molecule has 6 heteroatoms. The Hall–Kier alpha value is -1.66. The maximum absolute atomic E-state index is 13.1. The zero-order chi connectivity index (χ0) is 14.0. The van der Waals surface area contributed by atoms with E-state index in [2.05, 4.69) is 4.72 Å². The highest BCUT2D eigenvalue weighted by Crippen LogP contribution is 2.15. The SMILES string of the molecule is Cc1ccc(CNS(=O)(=O)c2ccc(F)c(C)c2)o1. The van der Waals surface area contributed by atoms with Gasteiger partial charge in [0.2, 0.25) is 10.0 Å². The summed E-state index contributed by atoms with van der Waals surface area (Å²) in [5.41, 5.74) is 0.289. The molecular weight excluding hydrogens is 269 g/mol. The molecule has 19 heavy (non-hydrogen) atoms. The fraction of sp³-hybridized carbons (Fsp3) is 0.231. The van der Waals surface area contributed by atoms with Crippen molar-refractivity contribution in [3.63, 3.8) is 0 Å². The van der Waals surface area contributed by atoms with Gasteiger partial charge in [-0.25, -0.2) is 17.5 Å². The molecule has 0 aliphatic carbocycles. The van der Waals surface area contributed by atoms with Gasteiger partial charge in [0, 0.05) is 0 Å². The van der Waals surface area contributed by atoms with Gasteiger partial charge in [0.25, 0.3) is 0 Å². The Bertz CT molecular complexity index is 692. The summed E-state index contributed by atoms with van der Waals surface area (Å²) in [6.07, 6.45) is 0. The highest BCUT2D eigenvalue weighted by atomic mass is 32.2. The van der Waals surface area contributed by atoms with E-state index >= 15 is 0 Å². The van der Waals surface area contributed by atoms with Gasteiger partial charge >= 0.3 is 0 Å². The van der Waals surface area contributed by atoms with Crippen LogP contribution in [-0.4, -0.2) is 8.42 Å². The normalized spacial score (nSPS) is 11.7. The van der Waals surface area contributed by atoms with Gasteiger partial charge < -0.3 is 4.42 Å². The lowest BCUT2D eigenvalue weighted by molar-refractivity contribution is 0.475. The van der Waals surface area contributed by atoms with E-state index in [1.165, 1.54) is 19.1 Å². The minimum atomic E-state index is -3.67. The fourth-order valence-corrected chi connectivity index (χ4v) is 2.69. The van der Waals surface area contributed by atoms with Crippen molar-refractivity contribution < 1.29 is 17.2 Å². The molecule has 0 bridgehead atoms. The molecule has 0 saturated heterocycles. The second-order valence-corrected chi connectivity index (χ2v) is 6.01. The first-order valence-electron chi connectivity index (χ1n) is 5.69. The van der Waals surface area contributed by atoms with Gasteiger partial charge in [0.1, 0.15) is 17.3 Å². The molecule has 0 saturated carbocycles. The van der Waals surface area contributed by atoms with Gasteiger partial charge in [0.15, 0.2) is 0 Å². The molecule has 0 amide bonds. The molecule has 2 aromatic rings. The monoisotopic (exact) mass is 283 g/mol. The van der Waals surface area contributed by atoms with Gasteiger partial charge in [-0.3, -0.25) is 0 Å². The number of halogens is 1. The van der Waals surface area contributed by atoms with Gasteiger partial charge in [-0.15, -0.1) is 0 Å². The third-order valence-electron chi connectivity index (χ3n) is 2.67. The Morgan fingerprint density at radius 2 is 1.95 bits per heavy atom. The third-order valence-corrected chi connectivity index (χ3v) is 4.07. The molecule has 4 nitrogen and oxygen atoms in total. The maximum Gasteiger partial charge on any atom is 0.240 e. The van der Waals surface area contributed by atoms with Crippen LogP contribution in [0.25, 0.3) is 0 Å². The number of sulfonamides is 1. The molecule has 102 valence electrons. The number of hydrogen-bond acceptors (Lipinski definition) is 3. The molecular formula is C13H14FNO3S. The molecule has 2 rings (SSSR count). The van der Waals surface area contributed by atoms with Crippen LogP contribution in [-0.2, 0) is 16.6 Å². The minimum absolute atomic E-state index is 0.0367.